The zero-order chi connectivity index (χ0) is 17.1. The van der Waals surface area contributed by atoms with Crippen LogP contribution >= 0.6 is 0 Å². The summed E-state index contributed by atoms with van der Waals surface area (Å²) in [5.41, 5.74) is 0.837. The van der Waals surface area contributed by atoms with E-state index in [2.05, 4.69) is 5.32 Å². The minimum Gasteiger partial charge on any atom is -0.379 e. The van der Waals surface area contributed by atoms with Gasteiger partial charge in [-0.05, 0) is 31.9 Å². The smallest absolute Gasteiger partial charge is 0.245 e. The van der Waals surface area contributed by atoms with Crippen molar-refractivity contribution >= 4 is 17.8 Å². The number of hydrogen-bond donors (Lipinski definition) is 1. The van der Waals surface area contributed by atoms with E-state index in [1.165, 1.54) is 6.08 Å². The lowest BCUT2D eigenvalue weighted by Gasteiger charge is -2.09. The van der Waals surface area contributed by atoms with Crippen molar-refractivity contribution in [2.75, 3.05) is 13.2 Å². The highest BCUT2D eigenvalue weighted by atomic mass is 16.5. The van der Waals surface area contributed by atoms with E-state index < -0.39 is 17.6 Å². The molecule has 0 heterocycles. The average Bonchev–Trinajstić information content (AvgIpc) is 2.54. The van der Waals surface area contributed by atoms with Gasteiger partial charge >= 0.3 is 0 Å². The Balaban J connectivity index is 2.45. The lowest BCUT2D eigenvalue weighted by molar-refractivity contribution is -0.129. The Bertz CT molecular complexity index is 574. The maximum atomic E-state index is 12.0. The van der Waals surface area contributed by atoms with Gasteiger partial charge in [0.05, 0.1) is 12.2 Å². The lowest BCUT2D eigenvalue weighted by atomic mass is 10.0. The Morgan fingerprint density at radius 2 is 2.00 bits per heavy atom. The van der Waals surface area contributed by atoms with Gasteiger partial charge in [-0.3, -0.25) is 9.59 Å². The Labute approximate surface area is 137 Å². The highest BCUT2D eigenvalue weighted by molar-refractivity contribution is 6.10. The molecule has 0 spiro atoms. The summed E-state index contributed by atoms with van der Waals surface area (Å²) in [5.74, 6) is -2.41. The second-order valence-electron chi connectivity index (χ2n) is 5.27. The SMILES string of the molecule is CC(C)OCCCNC(=O)C(C#N)C(=O)/C=C/c1ccccc1. The number of carbonyl (C=O) groups is 2. The monoisotopic (exact) mass is 314 g/mol. The Kier molecular flexibility index (Phi) is 8.33. The van der Waals surface area contributed by atoms with Crippen LogP contribution in [0.1, 0.15) is 25.8 Å². The molecule has 0 fully saturated rings. The minimum atomic E-state index is -1.32. The third-order valence-electron chi connectivity index (χ3n) is 2.99. The molecule has 1 aromatic carbocycles. The molecule has 0 aliphatic rings. The van der Waals surface area contributed by atoms with Crippen molar-refractivity contribution in [3.63, 3.8) is 0 Å². The van der Waals surface area contributed by atoms with Crippen LogP contribution in [0.15, 0.2) is 36.4 Å². The van der Waals surface area contributed by atoms with Crippen molar-refractivity contribution in [3.8, 4) is 6.07 Å². The van der Waals surface area contributed by atoms with Gasteiger partial charge in [0.25, 0.3) is 0 Å². The Hall–Kier alpha value is -2.45. The third-order valence-corrected chi connectivity index (χ3v) is 2.99. The zero-order valence-electron chi connectivity index (χ0n) is 13.5. The first kappa shape index (κ1) is 18.6. The lowest BCUT2D eigenvalue weighted by Crippen LogP contribution is -2.35. The summed E-state index contributed by atoms with van der Waals surface area (Å²) in [7, 11) is 0. The molecule has 1 N–H and O–H groups in total. The van der Waals surface area contributed by atoms with E-state index in [9.17, 15) is 9.59 Å². The number of nitrogens with zero attached hydrogens (tertiary/aromatic N) is 1. The highest BCUT2D eigenvalue weighted by Crippen LogP contribution is 2.05. The van der Waals surface area contributed by atoms with Gasteiger partial charge in [-0.2, -0.15) is 5.26 Å². The van der Waals surface area contributed by atoms with Gasteiger partial charge in [0.2, 0.25) is 5.91 Å². The molecular weight excluding hydrogens is 292 g/mol. The van der Waals surface area contributed by atoms with Gasteiger partial charge in [-0.15, -0.1) is 0 Å². The third kappa shape index (κ3) is 7.39. The van der Waals surface area contributed by atoms with E-state index in [4.69, 9.17) is 10.00 Å². The normalized spacial score (nSPS) is 12.1. The average molecular weight is 314 g/mol. The number of nitrogens with one attached hydrogen (secondary N) is 1. The van der Waals surface area contributed by atoms with Crippen molar-refractivity contribution in [3.05, 3.63) is 42.0 Å². The van der Waals surface area contributed by atoms with Crippen LogP contribution in [-0.2, 0) is 14.3 Å². The molecule has 0 saturated heterocycles. The highest BCUT2D eigenvalue weighted by Gasteiger charge is 2.23. The molecule has 5 heteroatoms. The maximum Gasteiger partial charge on any atom is 0.245 e. The van der Waals surface area contributed by atoms with Crippen LogP contribution in [0.5, 0.6) is 0 Å². The maximum absolute atomic E-state index is 12.0. The topological polar surface area (TPSA) is 79.2 Å². The molecule has 1 rings (SSSR count). The molecule has 122 valence electrons. The van der Waals surface area contributed by atoms with Gasteiger partial charge < -0.3 is 10.1 Å². The summed E-state index contributed by atoms with van der Waals surface area (Å²) >= 11 is 0. The molecule has 5 nitrogen and oxygen atoms in total. The standard InChI is InChI=1S/C18H22N2O3/c1-14(2)23-12-6-11-20-18(22)16(13-19)17(21)10-9-15-7-4-3-5-8-15/h3-5,7-10,14,16H,6,11-12H2,1-2H3,(H,20,22)/b10-9+. The molecule has 0 bridgehead atoms. The van der Waals surface area contributed by atoms with Gasteiger partial charge in [-0.1, -0.05) is 36.4 Å². The molecule has 23 heavy (non-hydrogen) atoms. The summed E-state index contributed by atoms with van der Waals surface area (Å²) in [6, 6.07) is 11.0. The first-order valence-corrected chi connectivity index (χ1v) is 7.60. The predicted molar refractivity (Wildman–Crippen MR) is 88.3 cm³/mol. The van der Waals surface area contributed by atoms with E-state index in [0.29, 0.717) is 19.6 Å². The number of allylic oxidation sites excluding steroid dienone is 1. The molecule has 0 radical (unpaired) electrons. The molecule has 0 saturated carbocycles. The number of nitriles is 1. The molecule has 1 unspecified atom stereocenters. The van der Waals surface area contributed by atoms with Crippen LogP contribution in [0.25, 0.3) is 6.08 Å². The molecule has 0 aliphatic heterocycles. The number of amides is 1. The number of ketones is 1. The Morgan fingerprint density at radius 3 is 2.61 bits per heavy atom. The van der Waals surface area contributed by atoms with Crippen LogP contribution in [-0.4, -0.2) is 30.9 Å². The van der Waals surface area contributed by atoms with E-state index >= 15 is 0 Å². The number of benzene rings is 1. The quantitative estimate of drug-likeness (QED) is 0.431. The minimum absolute atomic E-state index is 0.141. The van der Waals surface area contributed by atoms with Crippen LogP contribution in [0, 0.1) is 17.2 Å². The van der Waals surface area contributed by atoms with Crippen molar-refractivity contribution in [2.45, 2.75) is 26.4 Å². The molecular formula is C18H22N2O3. The van der Waals surface area contributed by atoms with E-state index in [1.54, 1.807) is 12.1 Å². The summed E-state index contributed by atoms with van der Waals surface area (Å²) in [4.78, 5) is 23.9. The van der Waals surface area contributed by atoms with Crippen LogP contribution in [0.4, 0.5) is 0 Å². The summed E-state index contributed by atoms with van der Waals surface area (Å²) in [6.07, 6.45) is 3.64. The molecule has 1 aromatic rings. The fourth-order valence-electron chi connectivity index (χ4n) is 1.80. The number of ether oxygens (including phenoxy) is 1. The summed E-state index contributed by atoms with van der Waals surface area (Å²) in [6.45, 7) is 4.76. The largest absolute Gasteiger partial charge is 0.379 e. The van der Waals surface area contributed by atoms with E-state index in [-0.39, 0.29) is 6.10 Å². The van der Waals surface area contributed by atoms with Crippen LogP contribution in [0.3, 0.4) is 0 Å². The summed E-state index contributed by atoms with van der Waals surface area (Å²) < 4.78 is 5.35. The zero-order valence-corrected chi connectivity index (χ0v) is 13.5. The number of hydrogen-bond acceptors (Lipinski definition) is 4. The van der Waals surface area contributed by atoms with Crippen molar-refractivity contribution in [2.24, 2.45) is 5.92 Å². The molecule has 1 amide bonds. The van der Waals surface area contributed by atoms with Gasteiger partial charge in [0, 0.05) is 13.2 Å². The predicted octanol–water partition coefficient (Wildman–Crippen LogP) is 2.34. The van der Waals surface area contributed by atoms with Gasteiger partial charge in [0.1, 0.15) is 0 Å². The Morgan fingerprint density at radius 1 is 1.30 bits per heavy atom. The number of rotatable bonds is 9. The second kappa shape index (κ2) is 10.3. The van der Waals surface area contributed by atoms with Crippen molar-refractivity contribution < 1.29 is 14.3 Å². The molecule has 0 aliphatic carbocycles. The van der Waals surface area contributed by atoms with E-state index in [1.807, 2.05) is 44.2 Å². The van der Waals surface area contributed by atoms with Crippen LogP contribution in [0.2, 0.25) is 0 Å². The van der Waals surface area contributed by atoms with Gasteiger partial charge in [-0.25, -0.2) is 0 Å². The number of carbonyl (C=O) groups excluding carboxylic acids is 2. The van der Waals surface area contributed by atoms with E-state index in [0.717, 1.165) is 5.56 Å². The second-order valence-corrected chi connectivity index (χ2v) is 5.27. The van der Waals surface area contributed by atoms with Crippen molar-refractivity contribution in [1.29, 1.82) is 5.26 Å². The molecule has 0 aromatic heterocycles. The first-order chi connectivity index (χ1) is 11.0. The first-order valence-electron chi connectivity index (χ1n) is 7.60. The summed E-state index contributed by atoms with van der Waals surface area (Å²) in [5, 5.41) is 11.6. The fourth-order valence-corrected chi connectivity index (χ4v) is 1.80. The molecule has 1 atom stereocenters. The van der Waals surface area contributed by atoms with Gasteiger partial charge in [0.15, 0.2) is 11.7 Å². The van der Waals surface area contributed by atoms with Crippen molar-refractivity contribution in [1.82, 2.24) is 5.32 Å². The fraction of sp³-hybridized carbons (Fsp3) is 0.389. The van der Waals surface area contributed by atoms with Crippen LogP contribution < -0.4 is 5.32 Å².